The fraction of sp³-hybridized carbons (Fsp3) is 0.476. The van der Waals surface area contributed by atoms with Gasteiger partial charge in [0.05, 0.1) is 0 Å². The van der Waals surface area contributed by atoms with Crippen LogP contribution in [0.4, 0.5) is 0 Å². The Labute approximate surface area is 150 Å². The highest BCUT2D eigenvalue weighted by Crippen LogP contribution is 2.22. The van der Waals surface area contributed by atoms with E-state index in [-0.39, 0.29) is 11.3 Å². The van der Waals surface area contributed by atoms with Gasteiger partial charge in [0.25, 0.3) is 5.91 Å². The normalized spacial score (nSPS) is 16.2. The number of benzene rings is 1. The third-order valence-electron chi connectivity index (χ3n) is 4.84. The molecular weight excluding hydrogens is 312 g/mol. The van der Waals surface area contributed by atoms with Gasteiger partial charge in [-0.1, -0.05) is 45.0 Å². The molecule has 134 valence electrons. The summed E-state index contributed by atoms with van der Waals surface area (Å²) in [5.74, 6) is 1.23. The molecule has 1 saturated heterocycles. The zero-order valence-corrected chi connectivity index (χ0v) is 15.7. The van der Waals surface area contributed by atoms with Gasteiger partial charge < -0.3 is 9.32 Å². The Morgan fingerprint density at radius 2 is 1.64 bits per heavy atom. The Balaban J connectivity index is 1.53. The molecule has 0 N–H and O–H groups in total. The van der Waals surface area contributed by atoms with Crippen LogP contribution >= 0.6 is 0 Å². The lowest BCUT2D eigenvalue weighted by atomic mass is 9.87. The quantitative estimate of drug-likeness (QED) is 0.852. The van der Waals surface area contributed by atoms with Crippen LogP contribution in [0.15, 0.2) is 40.8 Å². The lowest BCUT2D eigenvalue weighted by Gasteiger charge is -2.34. The molecule has 25 heavy (non-hydrogen) atoms. The predicted octanol–water partition coefficient (Wildman–Crippen LogP) is 3.84. The van der Waals surface area contributed by atoms with E-state index in [0.717, 1.165) is 38.5 Å². The maximum absolute atomic E-state index is 12.4. The van der Waals surface area contributed by atoms with Crippen molar-refractivity contribution >= 4 is 5.91 Å². The van der Waals surface area contributed by atoms with E-state index in [2.05, 4.69) is 49.9 Å². The minimum atomic E-state index is 0.00211. The van der Waals surface area contributed by atoms with E-state index >= 15 is 0 Å². The minimum absolute atomic E-state index is 0.00211. The zero-order chi connectivity index (χ0) is 18.0. The molecule has 2 heterocycles. The maximum Gasteiger partial charge on any atom is 0.289 e. The van der Waals surface area contributed by atoms with E-state index < -0.39 is 0 Å². The van der Waals surface area contributed by atoms with Crippen molar-refractivity contribution in [1.82, 2.24) is 9.80 Å². The number of hydrogen-bond acceptors (Lipinski definition) is 3. The molecular formula is C21H28N2O2. The molecule has 0 spiro atoms. The van der Waals surface area contributed by atoms with Crippen LogP contribution < -0.4 is 0 Å². The highest BCUT2D eigenvalue weighted by atomic mass is 16.3. The summed E-state index contributed by atoms with van der Waals surface area (Å²) in [7, 11) is 0. The van der Waals surface area contributed by atoms with E-state index in [1.54, 1.807) is 6.07 Å². The van der Waals surface area contributed by atoms with Gasteiger partial charge in [0.15, 0.2) is 5.76 Å². The molecule has 2 aromatic rings. The predicted molar refractivity (Wildman–Crippen MR) is 99.8 cm³/mol. The van der Waals surface area contributed by atoms with Crippen molar-refractivity contribution < 1.29 is 9.21 Å². The van der Waals surface area contributed by atoms with Crippen LogP contribution in [0.5, 0.6) is 0 Å². The van der Waals surface area contributed by atoms with Crippen molar-refractivity contribution in [3.63, 3.8) is 0 Å². The van der Waals surface area contributed by atoms with E-state index in [4.69, 9.17) is 4.42 Å². The largest absolute Gasteiger partial charge is 0.456 e. The van der Waals surface area contributed by atoms with Gasteiger partial charge in [0.1, 0.15) is 5.76 Å². The monoisotopic (exact) mass is 340 g/mol. The van der Waals surface area contributed by atoms with Gasteiger partial charge in [-0.2, -0.15) is 0 Å². The molecule has 1 fully saturated rings. The average Bonchev–Trinajstić information content (AvgIpc) is 3.01. The molecule has 0 radical (unpaired) electrons. The summed E-state index contributed by atoms with van der Waals surface area (Å²) >= 11 is 0. The lowest BCUT2D eigenvalue weighted by molar-refractivity contribution is 0.0596. The Kier molecular flexibility index (Phi) is 5.00. The topological polar surface area (TPSA) is 36.7 Å². The second-order valence-corrected chi connectivity index (χ2v) is 7.93. The van der Waals surface area contributed by atoms with Crippen LogP contribution in [0.1, 0.15) is 48.2 Å². The van der Waals surface area contributed by atoms with Crippen molar-refractivity contribution in [1.29, 1.82) is 0 Å². The molecule has 4 nitrogen and oxygen atoms in total. The molecule has 1 aliphatic rings. The zero-order valence-electron chi connectivity index (χ0n) is 15.7. The van der Waals surface area contributed by atoms with E-state index in [9.17, 15) is 4.79 Å². The van der Waals surface area contributed by atoms with Crippen LogP contribution in [0, 0.1) is 6.92 Å². The van der Waals surface area contributed by atoms with E-state index in [0.29, 0.717) is 5.76 Å². The van der Waals surface area contributed by atoms with Gasteiger partial charge in [0.2, 0.25) is 0 Å². The molecule has 1 aromatic heterocycles. The highest BCUT2D eigenvalue weighted by molar-refractivity contribution is 5.91. The van der Waals surface area contributed by atoms with Gasteiger partial charge >= 0.3 is 0 Å². The molecule has 0 saturated carbocycles. The fourth-order valence-corrected chi connectivity index (χ4v) is 3.18. The van der Waals surface area contributed by atoms with E-state index in [1.807, 2.05) is 17.9 Å². The Bertz CT molecular complexity index is 717. The Morgan fingerprint density at radius 1 is 1.00 bits per heavy atom. The first-order chi connectivity index (χ1) is 11.8. The summed E-state index contributed by atoms with van der Waals surface area (Å²) in [4.78, 5) is 16.7. The summed E-state index contributed by atoms with van der Waals surface area (Å²) in [5, 5.41) is 0. The first kappa shape index (κ1) is 17.7. The number of amides is 1. The number of aryl methyl sites for hydroxylation is 1. The lowest BCUT2D eigenvalue weighted by Crippen LogP contribution is -2.48. The molecule has 4 heteroatoms. The summed E-state index contributed by atoms with van der Waals surface area (Å²) in [6.07, 6.45) is 0. The summed E-state index contributed by atoms with van der Waals surface area (Å²) in [6, 6.07) is 12.5. The van der Waals surface area contributed by atoms with Crippen molar-refractivity contribution in [2.45, 2.75) is 39.7 Å². The van der Waals surface area contributed by atoms with Crippen LogP contribution in [0.3, 0.4) is 0 Å². The number of piperazine rings is 1. The summed E-state index contributed by atoms with van der Waals surface area (Å²) < 4.78 is 5.45. The molecule has 1 amide bonds. The third-order valence-corrected chi connectivity index (χ3v) is 4.84. The molecule has 0 unspecified atom stereocenters. The fourth-order valence-electron chi connectivity index (χ4n) is 3.18. The van der Waals surface area contributed by atoms with Gasteiger partial charge in [-0.05, 0) is 35.6 Å². The van der Waals surface area contributed by atoms with Crippen molar-refractivity contribution in [2.75, 3.05) is 26.2 Å². The smallest absolute Gasteiger partial charge is 0.289 e. The number of nitrogens with zero attached hydrogens (tertiary/aromatic N) is 2. The highest BCUT2D eigenvalue weighted by Gasteiger charge is 2.24. The van der Waals surface area contributed by atoms with Crippen LogP contribution in [-0.2, 0) is 12.0 Å². The van der Waals surface area contributed by atoms with Crippen LogP contribution in [-0.4, -0.2) is 41.9 Å². The third kappa shape index (κ3) is 4.31. The minimum Gasteiger partial charge on any atom is -0.456 e. The van der Waals surface area contributed by atoms with E-state index in [1.165, 1.54) is 11.1 Å². The molecule has 3 rings (SSSR count). The maximum atomic E-state index is 12.4. The summed E-state index contributed by atoms with van der Waals surface area (Å²) in [5.41, 5.74) is 2.88. The SMILES string of the molecule is Cc1ccc(C(=O)N2CCN(Cc3ccc(C(C)(C)C)cc3)CC2)o1. The number of furan rings is 1. The molecule has 1 aliphatic heterocycles. The van der Waals surface area contributed by atoms with Gasteiger partial charge in [-0.25, -0.2) is 0 Å². The number of carbonyl (C=O) groups is 1. The molecule has 0 atom stereocenters. The van der Waals surface area contributed by atoms with Gasteiger partial charge in [-0.3, -0.25) is 9.69 Å². The molecule has 0 bridgehead atoms. The number of carbonyl (C=O) groups excluding carboxylic acids is 1. The first-order valence-electron chi connectivity index (χ1n) is 9.00. The molecule has 1 aromatic carbocycles. The van der Waals surface area contributed by atoms with Gasteiger partial charge in [-0.15, -0.1) is 0 Å². The standard InChI is InChI=1S/C21H28N2O2/c1-16-5-10-19(25-16)20(24)23-13-11-22(12-14-23)15-17-6-8-18(9-7-17)21(2,3)4/h5-10H,11-15H2,1-4H3. The Morgan fingerprint density at radius 3 is 2.16 bits per heavy atom. The second-order valence-electron chi connectivity index (χ2n) is 7.93. The second kappa shape index (κ2) is 7.04. The number of hydrogen-bond donors (Lipinski definition) is 0. The first-order valence-corrected chi connectivity index (χ1v) is 9.00. The van der Waals surface area contributed by atoms with Crippen LogP contribution in [0.25, 0.3) is 0 Å². The van der Waals surface area contributed by atoms with Crippen molar-refractivity contribution in [3.8, 4) is 0 Å². The molecule has 0 aliphatic carbocycles. The van der Waals surface area contributed by atoms with Gasteiger partial charge in [0, 0.05) is 32.7 Å². The number of rotatable bonds is 3. The Hall–Kier alpha value is -2.07. The summed E-state index contributed by atoms with van der Waals surface area (Å²) in [6.45, 7) is 12.8. The van der Waals surface area contributed by atoms with Crippen LogP contribution in [0.2, 0.25) is 0 Å². The van der Waals surface area contributed by atoms with Crippen molar-refractivity contribution in [2.24, 2.45) is 0 Å². The van der Waals surface area contributed by atoms with Crippen molar-refractivity contribution in [3.05, 3.63) is 59.0 Å². The average molecular weight is 340 g/mol.